The molecule has 0 fully saturated rings. The first-order valence-electron chi connectivity index (χ1n) is 4.51. The van der Waals surface area contributed by atoms with Gasteiger partial charge in [0.05, 0.1) is 13.2 Å². The van der Waals surface area contributed by atoms with Crippen molar-refractivity contribution in [1.82, 2.24) is 0 Å². The van der Waals surface area contributed by atoms with Crippen molar-refractivity contribution in [3.05, 3.63) is 11.6 Å². The predicted molar refractivity (Wildman–Crippen MR) is 56.4 cm³/mol. The van der Waals surface area contributed by atoms with E-state index in [1.165, 1.54) is 13.8 Å². The molecule has 0 spiro atoms. The molecular formula is C10H15ClO4. The van der Waals surface area contributed by atoms with E-state index in [0.29, 0.717) is 11.5 Å². The highest BCUT2D eigenvalue weighted by Gasteiger charge is 2.13. The van der Waals surface area contributed by atoms with Crippen molar-refractivity contribution in [2.24, 2.45) is 5.92 Å². The van der Waals surface area contributed by atoms with E-state index in [4.69, 9.17) is 21.1 Å². The average Bonchev–Trinajstić information content (AvgIpc) is 2.08. The molecule has 0 bridgehead atoms. The quantitative estimate of drug-likeness (QED) is 0.659. The number of carbonyl (C=O) groups is 2. The molecule has 0 aromatic heterocycles. The van der Waals surface area contributed by atoms with Gasteiger partial charge >= 0.3 is 11.9 Å². The van der Waals surface area contributed by atoms with Gasteiger partial charge in [0.25, 0.3) is 0 Å². The van der Waals surface area contributed by atoms with Gasteiger partial charge in [-0.25, -0.2) is 0 Å². The van der Waals surface area contributed by atoms with E-state index in [0.717, 1.165) is 0 Å². The fraction of sp³-hybridized carbons (Fsp3) is 0.600. The Bertz CT molecular complexity index is 232. The van der Waals surface area contributed by atoms with Gasteiger partial charge in [0, 0.05) is 24.8 Å². The molecule has 86 valence electrons. The van der Waals surface area contributed by atoms with Gasteiger partial charge in [0.15, 0.2) is 0 Å². The van der Waals surface area contributed by atoms with Gasteiger partial charge in [-0.2, -0.15) is 0 Å². The molecule has 0 aliphatic rings. The van der Waals surface area contributed by atoms with Crippen molar-refractivity contribution in [1.29, 1.82) is 0 Å². The first-order valence-corrected chi connectivity index (χ1v) is 4.89. The molecular weight excluding hydrogens is 220 g/mol. The highest BCUT2D eigenvalue weighted by atomic mass is 35.5. The Hall–Kier alpha value is -1.03. The number of rotatable bonds is 6. The van der Waals surface area contributed by atoms with Crippen molar-refractivity contribution in [3.63, 3.8) is 0 Å². The molecule has 0 atom stereocenters. The molecule has 0 rings (SSSR count). The third kappa shape index (κ3) is 9.28. The summed E-state index contributed by atoms with van der Waals surface area (Å²) in [5.74, 6) is -0.881. The van der Waals surface area contributed by atoms with Gasteiger partial charge in [-0.3, -0.25) is 9.59 Å². The first kappa shape index (κ1) is 14.0. The topological polar surface area (TPSA) is 52.6 Å². The van der Waals surface area contributed by atoms with E-state index in [1.54, 1.807) is 0 Å². The Labute approximate surface area is 94.2 Å². The number of hydrogen-bond acceptors (Lipinski definition) is 4. The SMILES string of the molecule is C=C(Cl)CC(COC(C)=O)COC(C)=O. The van der Waals surface area contributed by atoms with E-state index in [1.807, 2.05) is 0 Å². The summed E-state index contributed by atoms with van der Waals surface area (Å²) in [7, 11) is 0. The molecule has 0 unspecified atom stereocenters. The number of halogens is 1. The molecule has 5 heteroatoms. The Kier molecular flexibility index (Phi) is 6.79. The van der Waals surface area contributed by atoms with Crippen LogP contribution in [0.25, 0.3) is 0 Å². The Morgan fingerprint density at radius 1 is 1.20 bits per heavy atom. The number of allylic oxidation sites excluding steroid dienone is 1. The van der Waals surface area contributed by atoms with Crippen LogP contribution in [0.4, 0.5) is 0 Å². The third-order valence-corrected chi connectivity index (χ3v) is 1.71. The molecule has 0 amide bonds. The van der Waals surface area contributed by atoms with Crippen LogP contribution in [0.1, 0.15) is 20.3 Å². The van der Waals surface area contributed by atoms with Crippen LogP contribution in [0.2, 0.25) is 0 Å². The van der Waals surface area contributed by atoms with Gasteiger partial charge in [0.2, 0.25) is 0 Å². The van der Waals surface area contributed by atoms with Crippen molar-refractivity contribution < 1.29 is 19.1 Å². The summed E-state index contributed by atoms with van der Waals surface area (Å²) in [5, 5.41) is 0.444. The van der Waals surface area contributed by atoms with Crippen LogP contribution >= 0.6 is 11.6 Å². The second kappa shape index (κ2) is 7.29. The van der Waals surface area contributed by atoms with Gasteiger partial charge in [-0.05, 0) is 6.42 Å². The molecule has 4 nitrogen and oxygen atoms in total. The number of carbonyl (C=O) groups excluding carboxylic acids is 2. The van der Waals surface area contributed by atoms with Gasteiger partial charge in [-0.15, -0.1) is 0 Å². The lowest BCUT2D eigenvalue weighted by Gasteiger charge is -2.15. The fourth-order valence-electron chi connectivity index (χ4n) is 0.950. The van der Waals surface area contributed by atoms with Crippen LogP contribution in [-0.4, -0.2) is 25.2 Å². The van der Waals surface area contributed by atoms with E-state index in [-0.39, 0.29) is 31.1 Å². The predicted octanol–water partition coefficient (Wildman–Crippen LogP) is 1.87. The molecule has 0 aliphatic heterocycles. The summed E-state index contributed by atoms with van der Waals surface area (Å²) >= 11 is 5.63. The minimum absolute atomic E-state index is 0.136. The van der Waals surface area contributed by atoms with Crippen LogP contribution in [0.3, 0.4) is 0 Å². The van der Waals surface area contributed by atoms with Gasteiger partial charge < -0.3 is 9.47 Å². The first-order chi connectivity index (χ1) is 6.91. The summed E-state index contributed by atoms with van der Waals surface area (Å²) in [5.41, 5.74) is 0. The minimum Gasteiger partial charge on any atom is -0.465 e. The van der Waals surface area contributed by atoms with Gasteiger partial charge in [0.1, 0.15) is 0 Å². The van der Waals surface area contributed by atoms with Crippen molar-refractivity contribution >= 4 is 23.5 Å². The van der Waals surface area contributed by atoms with E-state index in [2.05, 4.69) is 6.58 Å². The van der Waals surface area contributed by atoms with Crippen molar-refractivity contribution in [3.8, 4) is 0 Å². The zero-order valence-electron chi connectivity index (χ0n) is 8.92. The molecule has 0 aromatic carbocycles. The molecule has 0 saturated heterocycles. The normalized spacial score (nSPS) is 9.87. The standard InChI is InChI=1S/C10H15ClO4/c1-7(11)4-10(5-14-8(2)12)6-15-9(3)13/h10H,1,4-6H2,2-3H3. The molecule has 0 aliphatic carbocycles. The monoisotopic (exact) mass is 234 g/mol. The summed E-state index contributed by atoms with van der Waals surface area (Å²) in [6.45, 7) is 6.52. The molecule has 0 aromatic rings. The largest absolute Gasteiger partial charge is 0.465 e. The lowest BCUT2D eigenvalue weighted by molar-refractivity contribution is -0.146. The van der Waals surface area contributed by atoms with Crippen LogP contribution < -0.4 is 0 Å². The number of hydrogen-bond donors (Lipinski definition) is 0. The maximum absolute atomic E-state index is 10.6. The highest BCUT2D eigenvalue weighted by Crippen LogP contribution is 2.14. The van der Waals surface area contributed by atoms with E-state index < -0.39 is 0 Å². The van der Waals surface area contributed by atoms with Gasteiger partial charge in [-0.1, -0.05) is 18.2 Å². The van der Waals surface area contributed by atoms with Crippen LogP contribution in [0.15, 0.2) is 11.6 Å². The second-order valence-electron chi connectivity index (χ2n) is 3.19. The van der Waals surface area contributed by atoms with Crippen molar-refractivity contribution in [2.75, 3.05) is 13.2 Å². The Morgan fingerprint density at radius 2 is 1.60 bits per heavy atom. The maximum Gasteiger partial charge on any atom is 0.302 e. The molecule has 0 heterocycles. The Balaban J connectivity index is 3.99. The molecule has 0 radical (unpaired) electrons. The fourth-order valence-corrected chi connectivity index (χ4v) is 1.17. The molecule has 0 saturated carbocycles. The molecule has 0 N–H and O–H groups in total. The summed E-state index contributed by atoms with van der Waals surface area (Å²) in [4.78, 5) is 21.2. The summed E-state index contributed by atoms with van der Waals surface area (Å²) < 4.78 is 9.61. The minimum atomic E-state index is -0.372. The van der Waals surface area contributed by atoms with E-state index in [9.17, 15) is 9.59 Å². The second-order valence-corrected chi connectivity index (χ2v) is 3.73. The number of esters is 2. The van der Waals surface area contributed by atoms with Crippen LogP contribution in [0.5, 0.6) is 0 Å². The zero-order chi connectivity index (χ0) is 11.8. The number of ether oxygens (including phenoxy) is 2. The smallest absolute Gasteiger partial charge is 0.302 e. The third-order valence-electron chi connectivity index (χ3n) is 1.55. The summed E-state index contributed by atoms with van der Waals surface area (Å²) in [6, 6.07) is 0. The lowest BCUT2D eigenvalue weighted by Crippen LogP contribution is -2.19. The Morgan fingerprint density at radius 3 is 1.87 bits per heavy atom. The maximum atomic E-state index is 10.6. The zero-order valence-corrected chi connectivity index (χ0v) is 9.67. The van der Waals surface area contributed by atoms with Crippen molar-refractivity contribution in [2.45, 2.75) is 20.3 Å². The van der Waals surface area contributed by atoms with E-state index >= 15 is 0 Å². The average molecular weight is 235 g/mol. The van der Waals surface area contributed by atoms with Crippen LogP contribution in [-0.2, 0) is 19.1 Å². The highest BCUT2D eigenvalue weighted by molar-refractivity contribution is 6.29. The molecule has 15 heavy (non-hydrogen) atoms. The van der Waals surface area contributed by atoms with Crippen LogP contribution in [0, 0.1) is 5.92 Å². The summed E-state index contributed by atoms with van der Waals surface area (Å²) in [6.07, 6.45) is 0.447. The lowest BCUT2D eigenvalue weighted by atomic mass is 10.1.